The summed E-state index contributed by atoms with van der Waals surface area (Å²) in [5.74, 6) is 0.531. The van der Waals surface area contributed by atoms with Crippen molar-refractivity contribution in [1.29, 1.82) is 0 Å². The van der Waals surface area contributed by atoms with Gasteiger partial charge in [-0.15, -0.1) is 34.5 Å². The topological polar surface area (TPSA) is 0 Å². The Morgan fingerprint density at radius 1 is 1.08 bits per heavy atom. The molecule has 0 saturated heterocycles. The van der Waals surface area contributed by atoms with Gasteiger partial charge in [0, 0.05) is 0 Å². The fourth-order valence-corrected chi connectivity index (χ4v) is 3.43. The number of rotatable bonds is 4. The SMILES string of the molecule is CCCc1cc2c(-c3ccccc3C)c(C(C)C)ccc2[cH-]1.[Cl][Zr][Cl]. The fourth-order valence-electron chi connectivity index (χ4n) is 3.43. The third-order valence-corrected chi connectivity index (χ3v) is 4.56. The zero-order chi connectivity index (χ0) is 18.4. The Morgan fingerprint density at radius 3 is 2.36 bits per heavy atom. The number of benzene rings is 2. The molecule has 3 heteroatoms. The van der Waals surface area contributed by atoms with Crippen molar-refractivity contribution in [3.63, 3.8) is 0 Å². The summed E-state index contributed by atoms with van der Waals surface area (Å²) in [5.41, 5.74) is 7.09. The molecule has 0 heterocycles. The summed E-state index contributed by atoms with van der Waals surface area (Å²) in [5, 5.41) is 2.80. The summed E-state index contributed by atoms with van der Waals surface area (Å²) in [6.45, 7) is 9.05. The molecular weight excluding hydrogens is 426 g/mol. The van der Waals surface area contributed by atoms with Gasteiger partial charge in [-0.25, -0.2) is 0 Å². The van der Waals surface area contributed by atoms with Gasteiger partial charge in [0.15, 0.2) is 0 Å². The molecule has 0 spiro atoms. The Morgan fingerprint density at radius 2 is 1.76 bits per heavy atom. The molecule has 0 aliphatic carbocycles. The molecule has 0 radical (unpaired) electrons. The summed E-state index contributed by atoms with van der Waals surface area (Å²) in [4.78, 5) is 0. The van der Waals surface area contributed by atoms with E-state index < -0.39 is 20.8 Å². The molecule has 3 aromatic carbocycles. The summed E-state index contributed by atoms with van der Waals surface area (Å²) in [6, 6.07) is 18.2. The van der Waals surface area contributed by atoms with Crippen LogP contribution in [0.2, 0.25) is 0 Å². The van der Waals surface area contributed by atoms with Gasteiger partial charge in [-0.05, 0) is 30.4 Å². The van der Waals surface area contributed by atoms with Crippen LogP contribution in [-0.4, -0.2) is 0 Å². The van der Waals surface area contributed by atoms with Gasteiger partial charge in [0.1, 0.15) is 0 Å². The third-order valence-electron chi connectivity index (χ3n) is 4.56. The molecule has 0 aliphatic heterocycles. The Kier molecular flexibility index (Phi) is 8.33. The van der Waals surface area contributed by atoms with Gasteiger partial charge in [0.25, 0.3) is 0 Å². The molecule has 3 aromatic rings. The molecule has 0 aromatic heterocycles. The second-order valence-corrected chi connectivity index (χ2v) is 10.4. The Hall–Kier alpha value is -0.487. The van der Waals surface area contributed by atoms with Crippen LogP contribution >= 0.6 is 17.0 Å². The van der Waals surface area contributed by atoms with Crippen molar-refractivity contribution in [3.8, 4) is 11.1 Å². The first-order valence-corrected chi connectivity index (χ1v) is 15.1. The number of fused-ring (bicyclic) bond motifs is 1. The first kappa shape index (κ1) is 20.8. The van der Waals surface area contributed by atoms with Gasteiger partial charge in [0.2, 0.25) is 0 Å². The van der Waals surface area contributed by atoms with Crippen molar-refractivity contribution >= 4 is 27.8 Å². The zero-order valence-corrected chi connectivity index (χ0v) is 19.3. The number of hydrogen-bond acceptors (Lipinski definition) is 0. The quantitative estimate of drug-likeness (QED) is 0.353. The Balaban J connectivity index is 0.000000701. The van der Waals surface area contributed by atoms with Crippen molar-refractivity contribution in [3.05, 3.63) is 65.2 Å². The molecule has 0 saturated carbocycles. The molecule has 25 heavy (non-hydrogen) atoms. The molecule has 0 amide bonds. The van der Waals surface area contributed by atoms with Crippen molar-refractivity contribution in [1.82, 2.24) is 0 Å². The molecule has 0 atom stereocenters. The van der Waals surface area contributed by atoms with E-state index >= 15 is 0 Å². The second kappa shape index (κ2) is 10.0. The van der Waals surface area contributed by atoms with Crippen LogP contribution in [0.1, 0.15) is 49.8 Å². The van der Waals surface area contributed by atoms with E-state index in [1.807, 2.05) is 0 Å². The molecule has 0 N–H and O–H groups in total. The standard InChI is InChI=1S/C22H25.2ClH.Zr/c1-5-8-17-13-18-11-12-19(15(2)3)22(21(18)14-17)20-10-7-6-9-16(20)4;;;/h6-7,9-15H,5,8H2,1-4H3;2*1H;/q-1;;;+2/p-2. The molecule has 0 aliphatic rings. The maximum absolute atomic E-state index is 4.93. The monoisotopic (exact) mass is 449 g/mol. The van der Waals surface area contributed by atoms with E-state index in [4.69, 9.17) is 17.0 Å². The first-order valence-electron chi connectivity index (χ1n) is 8.77. The van der Waals surface area contributed by atoms with E-state index in [-0.39, 0.29) is 0 Å². The summed E-state index contributed by atoms with van der Waals surface area (Å²) >= 11 is -0.826. The van der Waals surface area contributed by atoms with Crippen molar-refractivity contribution in [2.24, 2.45) is 0 Å². The van der Waals surface area contributed by atoms with Crippen LogP contribution in [0.5, 0.6) is 0 Å². The average molecular weight is 452 g/mol. The van der Waals surface area contributed by atoms with Crippen LogP contribution in [0, 0.1) is 6.92 Å². The number of hydrogen-bond donors (Lipinski definition) is 0. The van der Waals surface area contributed by atoms with Crippen molar-refractivity contribution in [2.45, 2.75) is 46.5 Å². The normalized spacial score (nSPS) is 10.7. The van der Waals surface area contributed by atoms with Crippen LogP contribution in [0.4, 0.5) is 0 Å². The third kappa shape index (κ3) is 5.03. The Bertz CT molecular complexity index is 818. The van der Waals surface area contributed by atoms with E-state index in [2.05, 4.69) is 76.2 Å². The summed E-state index contributed by atoms with van der Waals surface area (Å²) in [7, 11) is 9.87. The van der Waals surface area contributed by atoms with E-state index in [0.29, 0.717) is 5.92 Å². The van der Waals surface area contributed by atoms with E-state index in [1.165, 1.54) is 51.4 Å². The van der Waals surface area contributed by atoms with Crippen LogP contribution < -0.4 is 0 Å². The van der Waals surface area contributed by atoms with Crippen molar-refractivity contribution in [2.75, 3.05) is 0 Å². The van der Waals surface area contributed by atoms with Gasteiger partial charge in [-0.1, -0.05) is 62.6 Å². The summed E-state index contributed by atoms with van der Waals surface area (Å²) < 4.78 is 0. The fraction of sp³-hybridized carbons (Fsp3) is 0.318. The summed E-state index contributed by atoms with van der Waals surface area (Å²) in [6.07, 6.45) is 2.37. The zero-order valence-electron chi connectivity index (χ0n) is 15.4. The average Bonchev–Trinajstić information content (AvgIpc) is 2.98. The minimum atomic E-state index is -0.826. The molecule has 0 nitrogen and oxygen atoms in total. The first-order chi connectivity index (χ1) is 12.0. The van der Waals surface area contributed by atoms with E-state index in [1.54, 1.807) is 0 Å². The van der Waals surface area contributed by atoms with E-state index in [0.717, 1.165) is 0 Å². The van der Waals surface area contributed by atoms with Crippen molar-refractivity contribution < 1.29 is 20.8 Å². The van der Waals surface area contributed by atoms with Crippen LogP contribution in [-0.2, 0) is 27.3 Å². The molecule has 3 rings (SSSR count). The van der Waals surface area contributed by atoms with Gasteiger partial charge >= 0.3 is 37.9 Å². The number of aryl methyl sites for hydroxylation is 2. The molecule has 132 valence electrons. The Labute approximate surface area is 170 Å². The van der Waals surface area contributed by atoms with Gasteiger partial charge < -0.3 is 0 Å². The predicted molar refractivity (Wildman–Crippen MR) is 110 cm³/mol. The minimum absolute atomic E-state index is 0.531. The molecule has 0 unspecified atom stereocenters. The molecular formula is C22H25Cl2Zr-. The molecule has 0 bridgehead atoms. The van der Waals surface area contributed by atoms with E-state index in [9.17, 15) is 0 Å². The van der Waals surface area contributed by atoms with Gasteiger partial charge in [-0.3, -0.25) is 0 Å². The molecule has 0 fully saturated rings. The number of halogens is 2. The van der Waals surface area contributed by atoms with Crippen LogP contribution in [0.15, 0.2) is 48.5 Å². The van der Waals surface area contributed by atoms with Gasteiger partial charge in [-0.2, -0.15) is 6.07 Å². The predicted octanol–water partition coefficient (Wildman–Crippen LogP) is 7.99. The van der Waals surface area contributed by atoms with Gasteiger partial charge in [0.05, 0.1) is 0 Å². The maximum atomic E-state index is 4.93. The second-order valence-electron chi connectivity index (χ2n) is 6.69. The van der Waals surface area contributed by atoms with Crippen LogP contribution in [0.25, 0.3) is 21.9 Å². The van der Waals surface area contributed by atoms with Crippen LogP contribution in [0.3, 0.4) is 0 Å².